The Kier molecular flexibility index (Phi) is 4.90. The third-order valence-corrected chi connectivity index (χ3v) is 5.65. The topological polar surface area (TPSA) is 104 Å². The van der Waals surface area contributed by atoms with Gasteiger partial charge in [0.15, 0.2) is 0 Å². The molecule has 1 aromatic rings. The highest BCUT2D eigenvalue weighted by Gasteiger charge is 2.40. The molecule has 8 nitrogen and oxygen atoms in total. The second kappa shape index (κ2) is 6.55. The van der Waals surface area contributed by atoms with Gasteiger partial charge >= 0.3 is 5.97 Å². The van der Waals surface area contributed by atoms with Gasteiger partial charge in [-0.25, -0.2) is 8.42 Å². The van der Waals surface area contributed by atoms with E-state index in [0.29, 0.717) is 5.75 Å². The number of rotatable bonds is 4. The second-order valence-electron chi connectivity index (χ2n) is 5.11. The monoisotopic (exact) mass is 342 g/mol. The number of ether oxygens (including phenoxy) is 1. The number of piperazine rings is 1. The predicted octanol–water partition coefficient (Wildman–Crippen LogP) is 0.00120. The first-order valence-corrected chi connectivity index (χ1v) is 8.35. The van der Waals surface area contributed by atoms with Crippen molar-refractivity contribution < 1.29 is 27.9 Å². The van der Waals surface area contributed by atoms with E-state index in [-0.39, 0.29) is 30.4 Å². The van der Waals surface area contributed by atoms with Crippen LogP contribution >= 0.6 is 0 Å². The van der Waals surface area contributed by atoms with Gasteiger partial charge in [-0.1, -0.05) is 0 Å². The fourth-order valence-corrected chi connectivity index (χ4v) is 3.99. The molecule has 1 N–H and O–H groups in total. The van der Waals surface area contributed by atoms with Crippen LogP contribution in [0.15, 0.2) is 29.2 Å². The van der Waals surface area contributed by atoms with Crippen LogP contribution in [0.3, 0.4) is 0 Å². The van der Waals surface area contributed by atoms with Gasteiger partial charge in [-0.2, -0.15) is 4.31 Å². The van der Waals surface area contributed by atoms with Crippen LogP contribution in [0, 0.1) is 0 Å². The van der Waals surface area contributed by atoms with Crippen LogP contribution in [-0.2, 0) is 19.6 Å². The molecule has 0 radical (unpaired) electrons. The number of hydrogen-bond donors (Lipinski definition) is 1. The third-order valence-electron chi connectivity index (χ3n) is 3.73. The molecule has 1 aromatic carbocycles. The molecule has 1 fully saturated rings. The first-order valence-electron chi connectivity index (χ1n) is 6.91. The van der Waals surface area contributed by atoms with E-state index >= 15 is 0 Å². The number of aliphatic carboxylic acids is 1. The van der Waals surface area contributed by atoms with Crippen LogP contribution < -0.4 is 4.74 Å². The Morgan fingerprint density at radius 2 is 1.83 bits per heavy atom. The second-order valence-corrected chi connectivity index (χ2v) is 7.00. The number of sulfonamides is 1. The van der Waals surface area contributed by atoms with Crippen molar-refractivity contribution in [2.45, 2.75) is 17.9 Å². The van der Waals surface area contributed by atoms with Crippen molar-refractivity contribution in [3.8, 4) is 5.75 Å². The Hall–Kier alpha value is -2.13. The van der Waals surface area contributed by atoms with Gasteiger partial charge in [0.05, 0.1) is 12.0 Å². The number of carboxylic acid groups (broad SMARTS) is 1. The Bertz CT molecular complexity index is 700. The van der Waals surface area contributed by atoms with E-state index in [1.165, 1.54) is 43.2 Å². The Morgan fingerprint density at radius 3 is 2.30 bits per heavy atom. The van der Waals surface area contributed by atoms with Gasteiger partial charge in [-0.3, -0.25) is 9.59 Å². The molecule has 0 bridgehead atoms. The molecule has 9 heteroatoms. The third kappa shape index (κ3) is 3.45. The average molecular weight is 342 g/mol. The minimum absolute atomic E-state index is 0.0131. The Labute approximate surface area is 134 Å². The normalized spacial score (nSPS) is 19.4. The molecule has 1 saturated heterocycles. The van der Waals surface area contributed by atoms with Gasteiger partial charge in [0.2, 0.25) is 15.9 Å². The van der Waals surface area contributed by atoms with Crippen molar-refractivity contribution in [1.29, 1.82) is 0 Å². The van der Waals surface area contributed by atoms with Crippen molar-refractivity contribution >= 4 is 21.9 Å². The van der Waals surface area contributed by atoms with Crippen LogP contribution in [-0.4, -0.2) is 67.4 Å². The van der Waals surface area contributed by atoms with Crippen molar-refractivity contribution in [3.63, 3.8) is 0 Å². The van der Waals surface area contributed by atoms with E-state index in [4.69, 9.17) is 4.74 Å². The summed E-state index contributed by atoms with van der Waals surface area (Å²) >= 11 is 0. The summed E-state index contributed by atoms with van der Waals surface area (Å²) in [6.45, 7) is 1.26. The molecule has 0 aliphatic carbocycles. The molecule has 23 heavy (non-hydrogen) atoms. The summed E-state index contributed by atoms with van der Waals surface area (Å²) in [6, 6.07) is 4.41. The quantitative estimate of drug-likeness (QED) is 0.826. The van der Waals surface area contributed by atoms with Crippen LogP contribution in [0.25, 0.3) is 0 Å². The molecule has 1 atom stereocenters. The zero-order valence-corrected chi connectivity index (χ0v) is 13.6. The van der Waals surface area contributed by atoms with Crippen molar-refractivity contribution in [1.82, 2.24) is 9.21 Å². The molecule has 1 heterocycles. The number of methoxy groups -OCH3 is 1. The van der Waals surface area contributed by atoms with Gasteiger partial charge in [-0.05, 0) is 24.3 Å². The Balaban J connectivity index is 2.33. The van der Waals surface area contributed by atoms with Crippen LogP contribution in [0.1, 0.15) is 6.92 Å². The summed E-state index contributed by atoms with van der Waals surface area (Å²) in [5.41, 5.74) is 0. The SMILES string of the molecule is COc1ccc(S(=O)(=O)N2CCN(C(C)=O)CC2C(=O)O)cc1. The minimum atomic E-state index is -3.97. The van der Waals surface area contributed by atoms with Gasteiger partial charge in [0, 0.05) is 26.6 Å². The number of amides is 1. The number of carboxylic acids is 1. The summed E-state index contributed by atoms with van der Waals surface area (Å²) in [5.74, 6) is -1.06. The molecule has 0 aromatic heterocycles. The van der Waals surface area contributed by atoms with E-state index in [1.54, 1.807) is 0 Å². The number of benzene rings is 1. The maximum Gasteiger partial charge on any atom is 0.323 e. The summed E-state index contributed by atoms with van der Waals surface area (Å²) in [7, 11) is -2.51. The van der Waals surface area contributed by atoms with Gasteiger partial charge in [0.1, 0.15) is 11.8 Å². The lowest BCUT2D eigenvalue weighted by Crippen LogP contribution is -2.58. The molecule has 0 saturated carbocycles. The van der Waals surface area contributed by atoms with Gasteiger partial charge in [0.25, 0.3) is 0 Å². The molecule has 126 valence electrons. The fourth-order valence-electron chi connectivity index (χ4n) is 2.42. The summed E-state index contributed by atoms with van der Waals surface area (Å²) < 4.78 is 31.3. The van der Waals surface area contributed by atoms with E-state index in [1.807, 2.05) is 0 Å². The molecule has 1 aliphatic heterocycles. The van der Waals surface area contributed by atoms with Gasteiger partial charge in [-0.15, -0.1) is 0 Å². The summed E-state index contributed by atoms with van der Waals surface area (Å²) in [6.07, 6.45) is 0. The predicted molar refractivity (Wildman–Crippen MR) is 80.6 cm³/mol. The molecular formula is C14H18N2O6S. The molecule has 2 rings (SSSR count). The maximum atomic E-state index is 12.7. The van der Waals surface area contributed by atoms with Crippen molar-refractivity contribution in [2.75, 3.05) is 26.7 Å². The highest BCUT2D eigenvalue weighted by molar-refractivity contribution is 7.89. The smallest absolute Gasteiger partial charge is 0.323 e. The van der Waals surface area contributed by atoms with E-state index < -0.39 is 22.0 Å². The molecule has 1 unspecified atom stereocenters. The van der Waals surface area contributed by atoms with Crippen LogP contribution in [0.4, 0.5) is 0 Å². The highest BCUT2D eigenvalue weighted by atomic mass is 32.2. The van der Waals surface area contributed by atoms with Gasteiger partial charge < -0.3 is 14.7 Å². The molecule has 1 aliphatic rings. The summed E-state index contributed by atoms with van der Waals surface area (Å²) in [5, 5.41) is 9.34. The zero-order chi connectivity index (χ0) is 17.2. The number of carbonyl (C=O) groups excluding carboxylic acids is 1. The zero-order valence-electron chi connectivity index (χ0n) is 12.8. The van der Waals surface area contributed by atoms with Crippen LogP contribution in [0.2, 0.25) is 0 Å². The molecule has 1 amide bonds. The standard InChI is InChI=1S/C14H18N2O6S/c1-10(17)15-7-8-16(13(9-15)14(18)19)23(20,21)12-5-3-11(22-2)4-6-12/h3-6,13H,7-9H2,1-2H3,(H,18,19). The maximum absolute atomic E-state index is 12.7. The number of hydrogen-bond acceptors (Lipinski definition) is 5. The van der Waals surface area contributed by atoms with E-state index in [9.17, 15) is 23.1 Å². The highest BCUT2D eigenvalue weighted by Crippen LogP contribution is 2.23. The number of nitrogens with zero attached hydrogens (tertiary/aromatic N) is 2. The van der Waals surface area contributed by atoms with Crippen molar-refractivity contribution in [3.05, 3.63) is 24.3 Å². The summed E-state index contributed by atoms with van der Waals surface area (Å²) in [4.78, 5) is 24.2. The van der Waals surface area contributed by atoms with E-state index in [2.05, 4.69) is 0 Å². The Morgan fingerprint density at radius 1 is 1.22 bits per heavy atom. The fraction of sp³-hybridized carbons (Fsp3) is 0.429. The minimum Gasteiger partial charge on any atom is -0.497 e. The van der Waals surface area contributed by atoms with Crippen molar-refractivity contribution in [2.24, 2.45) is 0 Å². The first-order chi connectivity index (χ1) is 10.8. The number of carbonyl (C=O) groups is 2. The molecular weight excluding hydrogens is 324 g/mol. The lowest BCUT2D eigenvalue weighted by molar-refractivity contribution is -0.145. The lowest BCUT2D eigenvalue weighted by atomic mass is 10.2. The molecule has 0 spiro atoms. The van der Waals surface area contributed by atoms with E-state index in [0.717, 1.165) is 4.31 Å². The lowest BCUT2D eigenvalue weighted by Gasteiger charge is -2.37. The van der Waals surface area contributed by atoms with Crippen LogP contribution in [0.5, 0.6) is 5.75 Å². The average Bonchev–Trinajstić information content (AvgIpc) is 2.54. The first kappa shape index (κ1) is 17.2. The largest absolute Gasteiger partial charge is 0.497 e.